The summed E-state index contributed by atoms with van der Waals surface area (Å²) in [4.78, 5) is 0. The second-order valence-electron chi connectivity index (χ2n) is 9.86. The van der Waals surface area contributed by atoms with E-state index in [1.165, 1.54) is 110 Å². The Labute approximate surface area is 209 Å². The molecule has 0 unspecified atom stereocenters. The monoisotopic (exact) mass is 474 g/mol. The van der Waals surface area contributed by atoms with Gasteiger partial charge < -0.3 is 0 Å². The zero-order chi connectivity index (χ0) is 22.1. The van der Waals surface area contributed by atoms with Crippen LogP contribution in [0.5, 0.6) is 0 Å². The third kappa shape index (κ3) is 6.31. The summed E-state index contributed by atoms with van der Waals surface area (Å²) in [5.74, 6) is 0. The van der Waals surface area contributed by atoms with Gasteiger partial charge in [0.25, 0.3) is 0 Å². The predicted octanol–water partition coefficient (Wildman–Crippen LogP) is 9.01. The average molecular weight is 475 g/mol. The van der Waals surface area contributed by atoms with Crippen LogP contribution in [0, 0.1) is 0 Å². The van der Waals surface area contributed by atoms with Crippen molar-refractivity contribution in [1.29, 1.82) is 0 Å². The number of hydrogen-bond donors (Lipinski definition) is 0. The molecule has 0 heterocycles. The van der Waals surface area contributed by atoms with Crippen LogP contribution in [0.25, 0.3) is 11.1 Å². The molecule has 0 radical (unpaired) electrons. The normalized spacial score (nSPS) is 14.0. The van der Waals surface area contributed by atoms with Crippen molar-refractivity contribution < 1.29 is 0 Å². The molecule has 2 heteroatoms. The molecule has 0 N–H and O–H groups in total. The van der Waals surface area contributed by atoms with Crippen molar-refractivity contribution in [1.82, 2.24) is 0 Å². The Hall–Kier alpha value is -0.483. The van der Waals surface area contributed by atoms with Crippen LogP contribution in [0.1, 0.15) is 115 Å². The maximum absolute atomic E-state index is 3.80. The van der Waals surface area contributed by atoms with Crippen molar-refractivity contribution in [3.05, 3.63) is 52.0 Å². The van der Waals surface area contributed by atoms with E-state index in [0.29, 0.717) is 0 Å². The minimum absolute atomic E-state index is 0.204. The van der Waals surface area contributed by atoms with E-state index in [1.807, 2.05) is 0 Å². The van der Waals surface area contributed by atoms with Gasteiger partial charge >= 0.3 is 210 Å². The van der Waals surface area contributed by atoms with Crippen molar-refractivity contribution in [2.45, 2.75) is 109 Å². The molecule has 0 atom stereocenters. The van der Waals surface area contributed by atoms with Crippen LogP contribution in [-0.2, 0) is 5.41 Å². The zero-order valence-corrected chi connectivity index (χ0v) is 21.8. The molecular weight excluding hydrogens is 435 g/mol. The van der Waals surface area contributed by atoms with Gasteiger partial charge in [-0.1, -0.05) is 0 Å². The standard InChI is InChI=1S/C29H40Br.Li/c1-3-5-7-9-11-15-21-29(22-16-12-10-8-6-4-2)27-18-14-13-17-25(27)26-20-19-24(30)23-28(26)29;/h13,17-20,23H,3-12,15-16,21-22H2,1-2H3;. The summed E-state index contributed by atoms with van der Waals surface area (Å²) in [5, 5.41) is 0. The van der Waals surface area contributed by atoms with Gasteiger partial charge in [0.2, 0.25) is 0 Å². The van der Waals surface area contributed by atoms with E-state index in [9.17, 15) is 0 Å². The molecule has 0 saturated heterocycles. The van der Waals surface area contributed by atoms with E-state index in [-0.39, 0.29) is 5.41 Å². The quantitative estimate of drug-likeness (QED) is 0.189. The number of halogens is 1. The van der Waals surface area contributed by atoms with E-state index < -0.39 is 0 Å². The van der Waals surface area contributed by atoms with Crippen molar-refractivity contribution in [3.63, 3.8) is 0 Å². The summed E-state index contributed by atoms with van der Waals surface area (Å²) < 4.78 is 2.63. The zero-order valence-electron chi connectivity index (χ0n) is 20.2. The SMILES string of the molecule is [Li][c]1ccc2c(c1)C(CCCCCCCC)(CCCCCCCC)c1cc(Br)ccc1-2. The van der Waals surface area contributed by atoms with Crippen LogP contribution in [0.3, 0.4) is 0 Å². The third-order valence-corrected chi connectivity index (χ3v) is 7.89. The van der Waals surface area contributed by atoms with Crippen molar-refractivity contribution in [2.24, 2.45) is 0 Å². The Morgan fingerprint density at radius 3 is 1.71 bits per heavy atom. The molecule has 1 aliphatic carbocycles. The van der Waals surface area contributed by atoms with E-state index in [2.05, 4.69) is 83.9 Å². The number of benzene rings is 2. The van der Waals surface area contributed by atoms with E-state index >= 15 is 0 Å². The van der Waals surface area contributed by atoms with Crippen molar-refractivity contribution >= 4 is 37.9 Å². The van der Waals surface area contributed by atoms with Crippen molar-refractivity contribution in [2.75, 3.05) is 0 Å². The minimum atomic E-state index is 0.204. The van der Waals surface area contributed by atoms with Gasteiger partial charge in [-0.05, 0) is 0 Å². The van der Waals surface area contributed by atoms with Gasteiger partial charge in [0.05, 0.1) is 0 Å². The topological polar surface area (TPSA) is 0 Å². The number of hydrogen-bond acceptors (Lipinski definition) is 0. The summed E-state index contributed by atoms with van der Waals surface area (Å²) in [7, 11) is 0. The summed E-state index contributed by atoms with van der Waals surface area (Å²) in [6.07, 6.45) is 19.1. The Kier molecular flexibility index (Phi) is 10.3. The van der Waals surface area contributed by atoms with Crippen molar-refractivity contribution in [3.8, 4) is 11.1 Å². The maximum atomic E-state index is 3.80. The fourth-order valence-electron chi connectivity index (χ4n) is 5.66. The number of unbranched alkanes of at least 4 members (excludes halogenated alkanes) is 10. The molecule has 0 nitrogen and oxygen atoms in total. The van der Waals surface area contributed by atoms with Gasteiger partial charge in [-0.15, -0.1) is 0 Å². The molecule has 0 aromatic heterocycles. The summed E-state index contributed by atoms with van der Waals surface area (Å²) in [6, 6.07) is 14.2. The van der Waals surface area contributed by atoms with Crippen LogP contribution in [-0.4, -0.2) is 17.7 Å². The first-order valence-corrected chi connectivity index (χ1v) is 13.8. The molecule has 1 aliphatic rings. The molecule has 0 amide bonds. The van der Waals surface area contributed by atoms with Crippen LogP contribution in [0.2, 0.25) is 0 Å². The fourth-order valence-corrected chi connectivity index (χ4v) is 6.02. The summed E-state index contributed by atoms with van der Waals surface area (Å²) in [5.41, 5.74) is 6.38. The molecule has 0 bridgehead atoms. The number of rotatable bonds is 14. The predicted molar refractivity (Wildman–Crippen MR) is 142 cm³/mol. The second-order valence-corrected chi connectivity index (χ2v) is 10.8. The first kappa shape index (κ1) is 25.1. The van der Waals surface area contributed by atoms with E-state index in [0.717, 1.165) is 0 Å². The first-order valence-electron chi connectivity index (χ1n) is 13.0. The third-order valence-electron chi connectivity index (χ3n) is 7.39. The molecule has 164 valence electrons. The first-order chi connectivity index (χ1) is 15.1. The van der Waals surface area contributed by atoms with Gasteiger partial charge in [-0.2, -0.15) is 0 Å². The average Bonchev–Trinajstić information content (AvgIpc) is 3.02. The number of fused-ring (bicyclic) bond motifs is 3. The van der Waals surface area contributed by atoms with Gasteiger partial charge in [-0.3, -0.25) is 0 Å². The molecule has 31 heavy (non-hydrogen) atoms. The Bertz CT molecular complexity index is 756. The molecule has 0 aliphatic heterocycles. The second kappa shape index (κ2) is 12.7. The molecule has 0 spiro atoms. The van der Waals surface area contributed by atoms with Crippen LogP contribution < -0.4 is 4.24 Å². The van der Waals surface area contributed by atoms with E-state index in [4.69, 9.17) is 0 Å². The van der Waals surface area contributed by atoms with Crippen LogP contribution in [0.4, 0.5) is 0 Å². The van der Waals surface area contributed by atoms with Crippen LogP contribution >= 0.6 is 15.9 Å². The van der Waals surface area contributed by atoms with Gasteiger partial charge in [-0.25, -0.2) is 0 Å². The molecule has 3 rings (SSSR count). The summed E-state index contributed by atoms with van der Waals surface area (Å²) >= 11 is 6.06. The van der Waals surface area contributed by atoms with Gasteiger partial charge in [0.15, 0.2) is 0 Å². The van der Waals surface area contributed by atoms with E-state index in [1.54, 1.807) is 11.1 Å². The Morgan fingerprint density at radius 1 is 0.645 bits per heavy atom. The Balaban J connectivity index is 1.85. The molecule has 0 saturated carbocycles. The molecule has 0 fully saturated rings. The van der Waals surface area contributed by atoms with Gasteiger partial charge in [0, 0.05) is 0 Å². The molecule has 2 aromatic carbocycles. The molecule has 2 aromatic rings. The molecular formula is C29H40BrLi. The summed E-state index contributed by atoms with van der Waals surface area (Å²) in [6.45, 7) is 4.62. The fraction of sp³-hybridized carbons (Fsp3) is 0.586. The Morgan fingerprint density at radius 2 is 1.13 bits per heavy atom. The van der Waals surface area contributed by atoms with Gasteiger partial charge in [0.1, 0.15) is 0 Å². The van der Waals surface area contributed by atoms with Crippen LogP contribution in [0.15, 0.2) is 40.9 Å².